The maximum Gasteiger partial charge on any atom is 0.416 e. The van der Waals surface area contributed by atoms with Crippen molar-refractivity contribution in [2.24, 2.45) is 0 Å². The van der Waals surface area contributed by atoms with Gasteiger partial charge in [0.2, 0.25) is 0 Å². The van der Waals surface area contributed by atoms with Crippen LogP contribution in [0, 0.1) is 0 Å². The van der Waals surface area contributed by atoms with Crippen molar-refractivity contribution in [2.45, 2.75) is 32.0 Å². The molecule has 0 atom stereocenters. The summed E-state index contributed by atoms with van der Waals surface area (Å²) in [5.41, 5.74) is -1.19. The molecule has 0 aliphatic heterocycles. The lowest BCUT2D eigenvalue weighted by molar-refractivity contribution is -0.137. The topological polar surface area (TPSA) is 20.2 Å². The lowest BCUT2D eigenvalue weighted by Crippen LogP contribution is -2.22. The second-order valence-electron chi connectivity index (χ2n) is 4.19. The zero-order valence-electron chi connectivity index (χ0n) is 8.60. The molecule has 84 valence electrons. The number of alkyl halides is 3. The fraction of sp³-hybridized carbons (Fsp3) is 0.455. The molecule has 0 aromatic heterocycles. The van der Waals surface area contributed by atoms with Gasteiger partial charge in [0.05, 0.1) is 11.2 Å². The number of rotatable bonds is 2. The molecule has 0 unspecified atom stereocenters. The van der Waals surface area contributed by atoms with Crippen LogP contribution in [0.1, 0.15) is 25.0 Å². The van der Waals surface area contributed by atoms with Crippen LogP contribution in [0.25, 0.3) is 0 Å². The van der Waals surface area contributed by atoms with Gasteiger partial charge in [0.15, 0.2) is 0 Å². The quantitative estimate of drug-likeness (QED) is 0.809. The van der Waals surface area contributed by atoms with Crippen LogP contribution in [0.15, 0.2) is 24.3 Å². The molecule has 0 fully saturated rings. The fourth-order valence-corrected chi connectivity index (χ4v) is 1.36. The third-order valence-corrected chi connectivity index (χ3v) is 1.89. The van der Waals surface area contributed by atoms with E-state index in [4.69, 9.17) is 0 Å². The second-order valence-corrected chi connectivity index (χ2v) is 4.19. The first kappa shape index (κ1) is 12.0. The zero-order valence-corrected chi connectivity index (χ0v) is 8.60. The van der Waals surface area contributed by atoms with Gasteiger partial charge in [-0.2, -0.15) is 13.2 Å². The van der Waals surface area contributed by atoms with Crippen LogP contribution in [0.2, 0.25) is 0 Å². The highest BCUT2D eigenvalue weighted by molar-refractivity contribution is 5.26. The van der Waals surface area contributed by atoms with Crippen molar-refractivity contribution >= 4 is 0 Å². The average molecular weight is 218 g/mol. The first-order valence-electron chi connectivity index (χ1n) is 4.57. The normalized spacial score (nSPS) is 12.9. The minimum absolute atomic E-state index is 0.205. The molecule has 1 aromatic rings. The molecular weight excluding hydrogens is 205 g/mol. The minimum atomic E-state index is -4.32. The molecule has 0 aliphatic rings. The Morgan fingerprint density at radius 1 is 1.20 bits per heavy atom. The molecule has 1 aromatic carbocycles. The largest absolute Gasteiger partial charge is 0.416 e. The smallest absolute Gasteiger partial charge is 0.390 e. The Kier molecular flexibility index (Phi) is 3.09. The number of hydrogen-bond donors (Lipinski definition) is 1. The Morgan fingerprint density at radius 3 is 2.27 bits per heavy atom. The molecule has 0 heterocycles. The summed E-state index contributed by atoms with van der Waals surface area (Å²) in [6, 6.07) is 5.02. The number of hydrogen-bond acceptors (Lipinski definition) is 1. The van der Waals surface area contributed by atoms with Crippen LogP contribution in [-0.2, 0) is 12.6 Å². The van der Waals surface area contributed by atoms with E-state index in [0.29, 0.717) is 5.56 Å². The van der Waals surface area contributed by atoms with Gasteiger partial charge < -0.3 is 5.11 Å². The Bertz CT molecular complexity index is 336. The Labute approximate surface area is 86.5 Å². The molecule has 0 spiro atoms. The molecule has 0 saturated carbocycles. The summed E-state index contributed by atoms with van der Waals surface area (Å²) < 4.78 is 37.0. The summed E-state index contributed by atoms with van der Waals surface area (Å²) in [5, 5.41) is 9.48. The summed E-state index contributed by atoms with van der Waals surface area (Å²) in [5.74, 6) is 0. The van der Waals surface area contributed by atoms with Gasteiger partial charge >= 0.3 is 6.18 Å². The van der Waals surface area contributed by atoms with E-state index in [1.165, 1.54) is 6.07 Å². The maximum atomic E-state index is 12.3. The summed E-state index contributed by atoms with van der Waals surface area (Å²) in [4.78, 5) is 0. The fourth-order valence-electron chi connectivity index (χ4n) is 1.36. The van der Waals surface area contributed by atoms with Crippen LogP contribution in [0.3, 0.4) is 0 Å². The van der Waals surface area contributed by atoms with Crippen LogP contribution >= 0.6 is 0 Å². The number of halogens is 3. The van der Waals surface area contributed by atoms with Gasteiger partial charge in [0.1, 0.15) is 0 Å². The number of benzene rings is 1. The highest BCUT2D eigenvalue weighted by Crippen LogP contribution is 2.30. The van der Waals surface area contributed by atoms with E-state index < -0.39 is 17.3 Å². The van der Waals surface area contributed by atoms with E-state index in [-0.39, 0.29) is 6.42 Å². The summed E-state index contributed by atoms with van der Waals surface area (Å²) >= 11 is 0. The van der Waals surface area contributed by atoms with E-state index >= 15 is 0 Å². The van der Waals surface area contributed by atoms with Gasteiger partial charge in [-0.3, -0.25) is 0 Å². The van der Waals surface area contributed by atoms with Gasteiger partial charge in [-0.1, -0.05) is 18.2 Å². The van der Waals surface area contributed by atoms with E-state index in [9.17, 15) is 18.3 Å². The van der Waals surface area contributed by atoms with Crippen molar-refractivity contribution in [2.75, 3.05) is 0 Å². The summed E-state index contributed by atoms with van der Waals surface area (Å²) in [6.07, 6.45) is -4.12. The number of aliphatic hydroxyl groups is 1. The van der Waals surface area contributed by atoms with Crippen molar-refractivity contribution < 1.29 is 18.3 Å². The van der Waals surface area contributed by atoms with Crippen molar-refractivity contribution in [3.63, 3.8) is 0 Å². The molecule has 0 bridgehead atoms. The molecule has 15 heavy (non-hydrogen) atoms. The molecule has 1 nitrogen and oxygen atoms in total. The van der Waals surface area contributed by atoms with Crippen LogP contribution < -0.4 is 0 Å². The zero-order chi connectivity index (χ0) is 11.7. The standard InChI is InChI=1S/C11H13F3O/c1-10(2,15)7-8-4-3-5-9(6-8)11(12,13)14/h3-6,15H,7H2,1-2H3. The van der Waals surface area contributed by atoms with Crippen LogP contribution in [0.4, 0.5) is 13.2 Å². The predicted octanol–water partition coefficient (Wildman–Crippen LogP) is 3.02. The Balaban J connectivity index is 2.94. The van der Waals surface area contributed by atoms with E-state index in [1.54, 1.807) is 19.9 Å². The highest BCUT2D eigenvalue weighted by Gasteiger charge is 2.30. The van der Waals surface area contributed by atoms with E-state index in [1.807, 2.05) is 0 Å². The van der Waals surface area contributed by atoms with Crippen LogP contribution in [-0.4, -0.2) is 10.7 Å². The van der Waals surface area contributed by atoms with Gasteiger partial charge in [-0.15, -0.1) is 0 Å². The minimum Gasteiger partial charge on any atom is -0.390 e. The van der Waals surface area contributed by atoms with Crippen molar-refractivity contribution in [1.29, 1.82) is 0 Å². The molecule has 1 rings (SSSR count). The molecule has 1 N–H and O–H groups in total. The van der Waals surface area contributed by atoms with Gasteiger partial charge in [-0.05, 0) is 25.5 Å². The van der Waals surface area contributed by atoms with Gasteiger partial charge in [-0.25, -0.2) is 0 Å². The molecule has 0 radical (unpaired) electrons. The highest BCUT2D eigenvalue weighted by atomic mass is 19.4. The molecule has 0 amide bonds. The Morgan fingerprint density at radius 2 is 1.80 bits per heavy atom. The maximum absolute atomic E-state index is 12.3. The third-order valence-electron chi connectivity index (χ3n) is 1.89. The summed E-state index contributed by atoms with van der Waals surface area (Å²) in [7, 11) is 0. The van der Waals surface area contributed by atoms with Gasteiger partial charge in [0.25, 0.3) is 0 Å². The lowest BCUT2D eigenvalue weighted by Gasteiger charge is -2.17. The lowest BCUT2D eigenvalue weighted by atomic mass is 9.97. The van der Waals surface area contributed by atoms with Crippen molar-refractivity contribution in [3.05, 3.63) is 35.4 Å². The first-order valence-corrected chi connectivity index (χ1v) is 4.57. The summed E-state index contributed by atoms with van der Waals surface area (Å²) in [6.45, 7) is 3.13. The van der Waals surface area contributed by atoms with E-state index in [2.05, 4.69) is 0 Å². The third kappa shape index (κ3) is 3.91. The monoisotopic (exact) mass is 218 g/mol. The predicted molar refractivity (Wildman–Crippen MR) is 51.4 cm³/mol. The van der Waals surface area contributed by atoms with Crippen molar-refractivity contribution in [1.82, 2.24) is 0 Å². The van der Waals surface area contributed by atoms with E-state index in [0.717, 1.165) is 12.1 Å². The second kappa shape index (κ2) is 3.85. The average Bonchev–Trinajstić information content (AvgIpc) is 1.99. The van der Waals surface area contributed by atoms with Gasteiger partial charge in [0, 0.05) is 6.42 Å². The molecule has 0 saturated heterocycles. The molecular formula is C11H13F3O. The van der Waals surface area contributed by atoms with Crippen molar-refractivity contribution in [3.8, 4) is 0 Å². The SMILES string of the molecule is CC(C)(O)Cc1cccc(C(F)(F)F)c1. The Hall–Kier alpha value is -1.03. The first-order chi connectivity index (χ1) is 6.68. The molecule has 4 heteroatoms. The molecule has 0 aliphatic carbocycles. The van der Waals surface area contributed by atoms with Crippen LogP contribution in [0.5, 0.6) is 0 Å².